The molecule has 1 aliphatic rings. The molecule has 0 aliphatic carbocycles. The highest BCUT2D eigenvalue weighted by atomic mass is 32.1. The Kier molecular flexibility index (Phi) is 3.85. The maximum Gasteiger partial charge on any atom is 0.241 e. The third-order valence-electron chi connectivity index (χ3n) is 3.69. The van der Waals surface area contributed by atoms with Crippen molar-refractivity contribution in [3.63, 3.8) is 0 Å². The Morgan fingerprint density at radius 3 is 2.65 bits per heavy atom. The zero-order valence-electron chi connectivity index (χ0n) is 11.5. The first-order valence-corrected chi connectivity index (χ1v) is 7.81. The van der Waals surface area contributed by atoms with Gasteiger partial charge in [0.05, 0.1) is 6.04 Å². The van der Waals surface area contributed by atoms with Crippen molar-refractivity contribution in [2.75, 3.05) is 6.54 Å². The lowest BCUT2D eigenvalue weighted by molar-refractivity contribution is -0.129. The fourth-order valence-corrected chi connectivity index (χ4v) is 3.49. The number of thiophene rings is 1. The highest BCUT2D eigenvalue weighted by molar-refractivity contribution is 7.10. The molecule has 1 fully saturated rings. The molecule has 2 unspecified atom stereocenters. The molecular weight excluding hydrogens is 268 g/mol. The molecule has 1 amide bonds. The van der Waals surface area contributed by atoms with E-state index in [0.717, 1.165) is 13.0 Å². The fraction of sp³-hybridized carbons (Fsp3) is 0.312. The van der Waals surface area contributed by atoms with Crippen LogP contribution < -0.4 is 5.32 Å². The average Bonchev–Trinajstić information content (AvgIpc) is 3.09. The van der Waals surface area contributed by atoms with Gasteiger partial charge in [0.1, 0.15) is 6.17 Å². The molecule has 2 heterocycles. The third-order valence-corrected chi connectivity index (χ3v) is 4.61. The largest absolute Gasteiger partial charge is 0.321 e. The quantitative estimate of drug-likeness (QED) is 0.937. The standard InChI is InChI=1S/C16H18N2OS/c1-2-18-15(14-9-6-10-20-14)17-13(16(18)19)11-12-7-4-3-5-8-12/h3-10,13,15,17H,2,11H2,1H3. The monoisotopic (exact) mass is 286 g/mol. The van der Waals surface area contributed by atoms with Gasteiger partial charge < -0.3 is 4.90 Å². The molecule has 0 radical (unpaired) electrons. The maximum atomic E-state index is 12.5. The van der Waals surface area contributed by atoms with E-state index in [-0.39, 0.29) is 18.1 Å². The summed E-state index contributed by atoms with van der Waals surface area (Å²) in [7, 11) is 0. The van der Waals surface area contributed by atoms with E-state index in [9.17, 15) is 4.79 Å². The van der Waals surface area contributed by atoms with Crippen molar-refractivity contribution in [2.45, 2.75) is 25.6 Å². The van der Waals surface area contributed by atoms with Gasteiger partial charge in [-0.25, -0.2) is 0 Å². The Morgan fingerprint density at radius 2 is 2.00 bits per heavy atom. The molecule has 1 aliphatic heterocycles. The van der Waals surface area contributed by atoms with Gasteiger partial charge in [-0.05, 0) is 30.4 Å². The number of hydrogen-bond donors (Lipinski definition) is 1. The average molecular weight is 286 g/mol. The summed E-state index contributed by atoms with van der Waals surface area (Å²) >= 11 is 1.69. The minimum absolute atomic E-state index is 0.0289. The predicted molar refractivity (Wildman–Crippen MR) is 81.5 cm³/mol. The number of carbonyl (C=O) groups is 1. The van der Waals surface area contributed by atoms with Crippen LogP contribution in [0.2, 0.25) is 0 Å². The summed E-state index contributed by atoms with van der Waals surface area (Å²) in [6.45, 7) is 2.77. The molecule has 4 heteroatoms. The smallest absolute Gasteiger partial charge is 0.241 e. The molecule has 1 N–H and O–H groups in total. The number of carbonyl (C=O) groups excluding carboxylic acids is 1. The maximum absolute atomic E-state index is 12.5. The van der Waals surface area contributed by atoms with Crippen molar-refractivity contribution in [3.8, 4) is 0 Å². The van der Waals surface area contributed by atoms with E-state index >= 15 is 0 Å². The van der Waals surface area contributed by atoms with Gasteiger partial charge in [-0.15, -0.1) is 11.3 Å². The van der Waals surface area contributed by atoms with Crippen molar-refractivity contribution in [1.82, 2.24) is 10.2 Å². The van der Waals surface area contributed by atoms with Crippen LogP contribution in [0.3, 0.4) is 0 Å². The zero-order chi connectivity index (χ0) is 13.9. The normalized spacial score (nSPS) is 22.4. The van der Waals surface area contributed by atoms with Crippen LogP contribution in [0.5, 0.6) is 0 Å². The lowest BCUT2D eigenvalue weighted by Gasteiger charge is -2.21. The molecule has 2 aromatic rings. The first-order chi connectivity index (χ1) is 9.79. The first kappa shape index (κ1) is 13.3. The summed E-state index contributed by atoms with van der Waals surface area (Å²) in [5, 5.41) is 5.53. The van der Waals surface area contributed by atoms with Crippen molar-refractivity contribution in [1.29, 1.82) is 0 Å². The van der Waals surface area contributed by atoms with Gasteiger partial charge in [-0.2, -0.15) is 0 Å². The Labute approximate surface area is 123 Å². The summed E-state index contributed by atoms with van der Waals surface area (Å²) in [4.78, 5) is 15.6. The molecule has 3 rings (SSSR count). The number of rotatable bonds is 4. The molecule has 104 valence electrons. The minimum atomic E-state index is -0.121. The molecule has 1 aromatic carbocycles. The van der Waals surface area contributed by atoms with Gasteiger partial charge in [0, 0.05) is 11.4 Å². The number of nitrogens with one attached hydrogen (secondary N) is 1. The summed E-state index contributed by atoms with van der Waals surface area (Å²) in [5.74, 6) is 0.203. The molecular formula is C16H18N2OS. The van der Waals surface area contributed by atoms with Crippen LogP contribution in [-0.2, 0) is 11.2 Å². The Balaban J connectivity index is 1.79. The van der Waals surface area contributed by atoms with Gasteiger partial charge in [-0.3, -0.25) is 10.1 Å². The van der Waals surface area contributed by atoms with Crippen molar-refractivity contribution in [3.05, 3.63) is 58.3 Å². The van der Waals surface area contributed by atoms with Crippen molar-refractivity contribution in [2.24, 2.45) is 0 Å². The van der Waals surface area contributed by atoms with Crippen molar-refractivity contribution < 1.29 is 4.79 Å². The summed E-state index contributed by atoms with van der Waals surface area (Å²) in [5.41, 5.74) is 1.20. The molecule has 20 heavy (non-hydrogen) atoms. The molecule has 0 bridgehead atoms. The Hall–Kier alpha value is -1.65. The van der Waals surface area contributed by atoms with Crippen LogP contribution in [0.15, 0.2) is 47.8 Å². The lowest BCUT2D eigenvalue weighted by Crippen LogP contribution is -2.32. The topological polar surface area (TPSA) is 32.3 Å². The van der Waals surface area contributed by atoms with Gasteiger partial charge in [0.25, 0.3) is 0 Å². The van der Waals surface area contributed by atoms with Crippen LogP contribution in [0.4, 0.5) is 0 Å². The molecule has 0 spiro atoms. The highest BCUT2D eigenvalue weighted by Crippen LogP contribution is 2.29. The van der Waals surface area contributed by atoms with Crippen LogP contribution in [0.1, 0.15) is 23.5 Å². The molecule has 1 aromatic heterocycles. The van der Waals surface area contributed by atoms with E-state index in [1.807, 2.05) is 36.1 Å². The SMILES string of the molecule is CCN1C(=O)C(Cc2ccccc2)NC1c1cccs1. The van der Waals surface area contributed by atoms with Crippen molar-refractivity contribution >= 4 is 17.2 Å². The Morgan fingerprint density at radius 1 is 1.20 bits per heavy atom. The van der Waals surface area contributed by atoms with E-state index in [0.29, 0.717) is 0 Å². The first-order valence-electron chi connectivity index (χ1n) is 6.93. The van der Waals surface area contributed by atoms with E-state index in [4.69, 9.17) is 0 Å². The second-order valence-corrected chi connectivity index (χ2v) is 5.93. The lowest BCUT2D eigenvalue weighted by atomic mass is 10.1. The van der Waals surface area contributed by atoms with Crippen LogP contribution in [0.25, 0.3) is 0 Å². The number of likely N-dealkylation sites (N-methyl/N-ethyl adjacent to an activating group) is 1. The van der Waals surface area contributed by atoms with E-state index in [1.165, 1.54) is 10.4 Å². The summed E-state index contributed by atoms with van der Waals surface area (Å²) < 4.78 is 0. The molecule has 1 saturated heterocycles. The molecule has 2 atom stereocenters. The fourth-order valence-electron chi connectivity index (χ4n) is 2.70. The second kappa shape index (κ2) is 5.77. The number of benzene rings is 1. The van der Waals surface area contributed by atoms with Crippen LogP contribution in [0, 0.1) is 0 Å². The minimum Gasteiger partial charge on any atom is -0.321 e. The summed E-state index contributed by atoms with van der Waals surface area (Å²) in [6.07, 6.45) is 0.777. The van der Waals surface area contributed by atoms with Gasteiger partial charge in [0.2, 0.25) is 5.91 Å². The van der Waals surface area contributed by atoms with Crippen LogP contribution >= 0.6 is 11.3 Å². The number of amides is 1. The second-order valence-electron chi connectivity index (χ2n) is 4.95. The van der Waals surface area contributed by atoms with Gasteiger partial charge in [-0.1, -0.05) is 36.4 Å². The van der Waals surface area contributed by atoms with E-state index < -0.39 is 0 Å². The summed E-state index contributed by atoms with van der Waals surface area (Å²) in [6, 6.07) is 14.2. The highest BCUT2D eigenvalue weighted by Gasteiger charge is 2.38. The van der Waals surface area contributed by atoms with E-state index in [1.54, 1.807) is 11.3 Å². The Bertz CT molecular complexity index is 567. The molecule has 3 nitrogen and oxygen atoms in total. The van der Waals surface area contributed by atoms with Gasteiger partial charge >= 0.3 is 0 Å². The zero-order valence-corrected chi connectivity index (χ0v) is 12.3. The van der Waals surface area contributed by atoms with Gasteiger partial charge in [0.15, 0.2) is 0 Å². The number of nitrogens with zero attached hydrogens (tertiary/aromatic N) is 1. The predicted octanol–water partition coefficient (Wildman–Crippen LogP) is 2.81. The number of hydrogen-bond acceptors (Lipinski definition) is 3. The third kappa shape index (κ3) is 2.49. The van der Waals surface area contributed by atoms with E-state index in [2.05, 4.69) is 28.9 Å². The van der Waals surface area contributed by atoms with Crippen LogP contribution in [-0.4, -0.2) is 23.4 Å². The molecule has 0 saturated carbocycles.